The second kappa shape index (κ2) is 7.28. The van der Waals surface area contributed by atoms with Gasteiger partial charge in [-0.15, -0.1) is 11.3 Å². The minimum atomic E-state index is -1.31. The molecule has 0 radical (unpaired) electrons. The number of hydrogen-bond donors (Lipinski definition) is 1. The summed E-state index contributed by atoms with van der Waals surface area (Å²) in [6, 6.07) is 0. The van der Waals surface area contributed by atoms with Crippen molar-refractivity contribution in [1.29, 1.82) is 0 Å². The lowest BCUT2D eigenvalue weighted by Crippen LogP contribution is -2.25. The van der Waals surface area contributed by atoms with E-state index in [-0.39, 0.29) is 22.8 Å². The van der Waals surface area contributed by atoms with Gasteiger partial charge >= 0.3 is 5.97 Å². The van der Waals surface area contributed by atoms with E-state index in [0.717, 1.165) is 13.0 Å². The van der Waals surface area contributed by atoms with Crippen molar-refractivity contribution in [2.24, 2.45) is 5.92 Å². The Morgan fingerprint density at radius 3 is 2.82 bits per heavy atom. The van der Waals surface area contributed by atoms with Gasteiger partial charge in [0.25, 0.3) is 0 Å². The zero-order valence-corrected chi connectivity index (χ0v) is 16.2. The molecule has 3 aromatic rings. The van der Waals surface area contributed by atoms with E-state index in [1.807, 2.05) is 0 Å². The topological polar surface area (TPSA) is 110 Å². The Labute approximate surface area is 164 Å². The molecule has 28 heavy (non-hydrogen) atoms. The van der Waals surface area contributed by atoms with E-state index in [2.05, 4.69) is 26.8 Å². The molecule has 0 bridgehead atoms. The molecular formula is C18H19N5O4S. The summed E-state index contributed by atoms with van der Waals surface area (Å²) >= 11 is 1.32. The fourth-order valence-electron chi connectivity index (χ4n) is 3.55. The molecule has 0 saturated carbocycles. The lowest BCUT2D eigenvalue weighted by atomic mass is 10.0. The fourth-order valence-corrected chi connectivity index (χ4v) is 4.17. The van der Waals surface area contributed by atoms with Crippen LogP contribution in [0.25, 0.3) is 16.3 Å². The number of anilines is 1. The van der Waals surface area contributed by atoms with Crippen molar-refractivity contribution in [2.75, 3.05) is 25.1 Å². The minimum absolute atomic E-state index is 0.00776. The maximum absolute atomic E-state index is 12.6. The Hall–Kier alpha value is -2.85. The maximum atomic E-state index is 12.6. The van der Waals surface area contributed by atoms with Crippen molar-refractivity contribution in [3.63, 3.8) is 0 Å². The molecule has 0 unspecified atom stereocenters. The van der Waals surface area contributed by atoms with Crippen LogP contribution in [-0.2, 0) is 4.74 Å². The summed E-state index contributed by atoms with van der Waals surface area (Å²) in [5.74, 6) is -0.298. The van der Waals surface area contributed by atoms with E-state index in [0.29, 0.717) is 23.4 Å². The number of aromatic carboxylic acids is 1. The first-order chi connectivity index (χ1) is 13.5. The highest BCUT2D eigenvalue weighted by Crippen LogP contribution is 2.27. The van der Waals surface area contributed by atoms with Gasteiger partial charge in [-0.25, -0.2) is 19.7 Å². The van der Waals surface area contributed by atoms with Crippen LogP contribution in [0.3, 0.4) is 0 Å². The summed E-state index contributed by atoms with van der Waals surface area (Å²) in [5, 5.41) is 11.7. The molecule has 0 spiro atoms. The van der Waals surface area contributed by atoms with E-state index in [1.165, 1.54) is 28.3 Å². The fraction of sp³-hybridized carbons (Fsp3) is 0.389. The Kier molecular flexibility index (Phi) is 4.82. The monoisotopic (exact) mass is 401 g/mol. The molecule has 1 saturated heterocycles. The van der Waals surface area contributed by atoms with Crippen LogP contribution in [0.1, 0.15) is 23.7 Å². The molecule has 0 aliphatic carbocycles. The second-order valence-corrected chi connectivity index (χ2v) is 7.48. The van der Waals surface area contributed by atoms with Crippen molar-refractivity contribution in [3.05, 3.63) is 39.8 Å². The first-order valence-corrected chi connectivity index (χ1v) is 9.74. The number of carboxylic acid groups (broad SMARTS) is 1. The maximum Gasteiger partial charge on any atom is 0.341 e. The molecule has 9 nitrogen and oxygen atoms in total. The standard InChI is InChI=1S/C18H19N5O4S/c1-3-10-7-22(9-12(10)27-2)13-6-20-14-15(24)11(17(25)26)8-23(16(14)21-13)18-19-4-5-28-18/h4-6,8,10,12H,3,7,9H2,1-2H3,(H,25,26)/t10-,12-/m0/s1. The SMILES string of the molecule is CC[C@H]1CN(c2cnc3c(=O)c(C(=O)O)cn(-c4nccs4)c3n2)C[C@@H]1OC. The molecule has 1 fully saturated rings. The molecule has 3 aromatic heterocycles. The van der Waals surface area contributed by atoms with Gasteiger partial charge in [0.2, 0.25) is 5.43 Å². The zero-order valence-electron chi connectivity index (χ0n) is 15.4. The number of hydrogen-bond acceptors (Lipinski definition) is 8. The quantitative estimate of drug-likeness (QED) is 0.689. The normalized spacial score (nSPS) is 19.4. The zero-order chi connectivity index (χ0) is 19.8. The number of nitrogens with zero attached hydrogens (tertiary/aromatic N) is 5. The number of carbonyl (C=O) groups is 1. The molecule has 4 heterocycles. The average molecular weight is 401 g/mol. The molecule has 0 aromatic carbocycles. The summed E-state index contributed by atoms with van der Waals surface area (Å²) in [7, 11) is 1.70. The van der Waals surface area contributed by atoms with Gasteiger partial charge in [0, 0.05) is 43.9 Å². The van der Waals surface area contributed by atoms with Gasteiger partial charge < -0.3 is 14.7 Å². The van der Waals surface area contributed by atoms with Crippen LogP contribution in [0.15, 0.2) is 28.8 Å². The van der Waals surface area contributed by atoms with Gasteiger partial charge in [-0.3, -0.25) is 9.36 Å². The third-order valence-corrected chi connectivity index (χ3v) is 5.85. The number of rotatable bonds is 5. The van der Waals surface area contributed by atoms with Gasteiger partial charge in [0.1, 0.15) is 11.4 Å². The minimum Gasteiger partial charge on any atom is -0.477 e. The largest absolute Gasteiger partial charge is 0.477 e. The lowest BCUT2D eigenvalue weighted by Gasteiger charge is -2.18. The molecule has 1 N–H and O–H groups in total. The first kappa shape index (κ1) is 18.5. The number of thiazole rings is 1. The molecule has 10 heteroatoms. The van der Waals surface area contributed by atoms with Crippen molar-refractivity contribution >= 4 is 34.3 Å². The number of carboxylic acids is 1. The van der Waals surface area contributed by atoms with Crippen molar-refractivity contribution in [3.8, 4) is 5.13 Å². The molecule has 4 rings (SSSR count). The van der Waals surface area contributed by atoms with E-state index >= 15 is 0 Å². The van der Waals surface area contributed by atoms with Crippen LogP contribution in [0, 0.1) is 5.92 Å². The molecule has 146 valence electrons. The third kappa shape index (κ3) is 3.04. The van der Waals surface area contributed by atoms with Crippen LogP contribution >= 0.6 is 11.3 Å². The third-order valence-electron chi connectivity index (χ3n) is 5.08. The first-order valence-electron chi connectivity index (χ1n) is 8.86. The summed E-state index contributed by atoms with van der Waals surface area (Å²) < 4.78 is 7.10. The van der Waals surface area contributed by atoms with Gasteiger partial charge in [0.05, 0.1) is 12.3 Å². The van der Waals surface area contributed by atoms with Crippen LogP contribution in [-0.4, -0.2) is 56.9 Å². The Morgan fingerprint density at radius 2 is 2.21 bits per heavy atom. The smallest absolute Gasteiger partial charge is 0.341 e. The number of aromatic nitrogens is 4. The number of methoxy groups -OCH3 is 1. The predicted octanol–water partition coefficient (Wildman–Crippen LogP) is 1.80. The average Bonchev–Trinajstić information content (AvgIpc) is 3.37. The highest BCUT2D eigenvalue weighted by atomic mass is 32.1. The van der Waals surface area contributed by atoms with E-state index in [1.54, 1.807) is 18.7 Å². The highest BCUT2D eigenvalue weighted by molar-refractivity contribution is 7.12. The van der Waals surface area contributed by atoms with Gasteiger partial charge in [-0.2, -0.15) is 0 Å². The second-order valence-electron chi connectivity index (χ2n) is 6.61. The van der Waals surface area contributed by atoms with Crippen molar-refractivity contribution < 1.29 is 14.6 Å². The molecule has 1 aliphatic rings. The van der Waals surface area contributed by atoms with Gasteiger partial charge in [-0.05, 0) is 6.42 Å². The van der Waals surface area contributed by atoms with Gasteiger partial charge in [-0.1, -0.05) is 6.92 Å². The van der Waals surface area contributed by atoms with E-state index in [9.17, 15) is 14.7 Å². The van der Waals surface area contributed by atoms with Crippen LogP contribution in [0.5, 0.6) is 0 Å². The molecule has 2 atom stereocenters. The summed E-state index contributed by atoms with van der Waals surface area (Å²) in [5.41, 5.74) is -0.724. The summed E-state index contributed by atoms with van der Waals surface area (Å²) in [6.07, 6.45) is 5.49. The Bertz CT molecular complexity index is 1070. The van der Waals surface area contributed by atoms with Crippen LogP contribution in [0.4, 0.5) is 5.82 Å². The van der Waals surface area contributed by atoms with Crippen LogP contribution < -0.4 is 10.3 Å². The van der Waals surface area contributed by atoms with Crippen molar-refractivity contribution in [1.82, 2.24) is 19.5 Å². The Balaban J connectivity index is 1.87. The van der Waals surface area contributed by atoms with Crippen molar-refractivity contribution in [2.45, 2.75) is 19.4 Å². The van der Waals surface area contributed by atoms with Crippen LogP contribution in [0.2, 0.25) is 0 Å². The Morgan fingerprint density at radius 1 is 1.39 bits per heavy atom. The van der Waals surface area contributed by atoms with E-state index < -0.39 is 11.4 Å². The lowest BCUT2D eigenvalue weighted by molar-refractivity contribution is 0.0695. The predicted molar refractivity (Wildman–Crippen MR) is 105 cm³/mol. The molecular weight excluding hydrogens is 382 g/mol. The van der Waals surface area contributed by atoms with Gasteiger partial charge in [0.15, 0.2) is 16.3 Å². The summed E-state index contributed by atoms with van der Waals surface area (Å²) in [6.45, 7) is 3.59. The number of ether oxygens (including phenoxy) is 1. The number of fused-ring (bicyclic) bond motifs is 1. The molecule has 1 aliphatic heterocycles. The number of pyridine rings is 1. The van der Waals surface area contributed by atoms with E-state index in [4.69, 9.17) is 4.74 Å². The molecule has 0 amide bonds. The highest BCUT2D eigenvalue weighted by Gasteiger charge is 2.32. The summed E-state index contributed by atoms with van der Waals surface area (Å²) in [4.78, 5) is 39.3.